The number of ether oxygens (including phenoxy) is 4. The van der Waals surface area contributed by atoms with Gasteiger partial charge in [0.2, 0.25) is 11.8 Å². The number of hydrogen-bond donors (Lipinski definition) is 0. The van der Waals surface area contributed by atoms with Crippen molar-refractivity contribution in [1.29, 1.82) is 0 Å². The number of carbonyl (C=O) groups is 5. The van der Waals surface area contributed by atoms with Crippen LogP contribution in [0.1, 0.15) is 54.4 Å². The molecule has 2 bridgehead atoms. The summed E-state index contributed by atoms with van der Waals surface area (Å²) in [7, 11) is 0. The Morgan fingerprint density at radius 1 is 1.14 bits per heavy atom. The molecule has 35 heavy (non-hydrogen) atoms. The first-order valence-corrected chi connectivity index (χ1v) is 12.4. The topological polar surface area (TPSA) is 126 Å². The third kappa shape index (κ3) is 3.51. The van der Waals surface area contributed by atoms with E-state index in [1.165, 1.54) is 17.4 Å². The number of rotatable bonds is 6. The molecule has 0 unspecified atom stereocenters. The number of aryl methyl sites for hydroxylation is 1. The number of nitrogens with zero attached hydrogens (tertiary/aromatic N) is 1. The van der Waals surface area contributed by atoms with Crippen molar-refractivity contribution in [3.63, 3.8) is 0 Å². The zero-order valence-electron chi connectivity index (χ0n) is 19.5. The van der Waals surface area contributed by atoms with E-state index in [0.717, 1.165) is 48.5 Å². The molecule has 2 fully saturated rings. The van der Waals surface area contributed by atoms with Gasteiger partial charge in [-0.25, -0.2) is 9.69 Å². The summed E-state index contributed by atoms with van der Waals surface area (Å²) in [5, 5.41) is 0.255. The monoisotopic (exact) mass is 503 g/mol. The molecule has 0 saturated carbocycles. The Hall–Kier alpha value is -3.05. The quantitative estimate of drug-likeness (QED) is 0.248. The lowest BCUT2D eigenvalue weighted by molar-refractivity contribution is -0.226. The Kier molecular flexibility index (Phi) is 5.79. The van der Waals surface area contributed by atoms with Gasteiger partial charge in [0, 0.05) is 18.7 Å². The standard InChI is InChI=1S/C24H25NO9S/c1-4-31-22(30)16-13-7-5-6-8-15(13)35-21(16)25-19(28)17-14-9-10-24(34-14,18(17)20(25)29)23(32-11(2)26)33-12(3)27/h9-10,14,17-18,23H,4-8H2,1-3H3/t14-,17+,18-,24-/m1/s1. The van der Waals surface area contributed by atoms with Crippen LogP contribution in [0.2, 0.25) is 0 Å². The molecule has 0 radical (unpaired) electrons. The van der Waals surface area contributed by atoms with Crippen molar-refractivity contribution in [2.24, 2.45) is 11.8 Å². The van der Waals surface area contributed by atoms with Crippen LogP contribution < -0.4 is 4.90 Å². The van der Waals surface area contributed by atoms with Crippen LogP contribution in [0.4, 0.5) is 5.00 Å². The van der Waals surface area contributed by atoms with Crippen LogP contribution in [0.3, 0.4) is 0 Å². The number of amides is 2. The van der Waals surface area contributed by atoms with Crippen molar-refractivity contribution >= 4 is 46.1 Å². The van der Waals surface area contributed by atoms with Crippen molar-refractivity contribution in [2.75, 3.05) is 11.5 Å². The van der Waals surface area contributed by atoms with Gasteiger partial charge >= 0.3 is 17.9 Å². The van der Waals surface area contributed by atoms with Crippen molar-refractivity contribution in [3.8, 4) is 0 Å². The molecule has 1 aromatic rings. The second-order valence-electron chi connectivity index (χ2n) is 8.97. The Labute approximate surface area is 205 Å². The van der Waals surface area contributed by atoms with E-state index in [2.05, 4.69) is 0 Å². The molecule has 4 atom stereocenters. The van der Waals surface area contributed by atoms with Crippen LogP contribution in [0.5, 0.6) is 0 Å². The fraction of sp³-hybridized carbons (Fsp3) is 0.542. The van der Waals surface area contributed by atoms with E-state index in [4.69, 9.17) is 18.9 Å². The van der Waals surface area contributed by atoms with Crippen molar-refractivity contribution in [1.82, 2.24) is 0 Å². The van der Waals surface area contributed by atoms with E-state index < -0.39 is 59.6 Å². The molecular formula is C24H25NO9S. The molecule has 0 N–H and O–H groups in total. The largest absolute Gasteiger partial charge is 0.462 e. The molecule has 11 heteroatoms. The van der Waals surface area contributed by atoms with Gasteiger partial charge in [0.25, 0.3) is 6.29 Å². The third-order valence-electron chi connectivity index (χ3n) is 6.83. The maximum Gasteiger partial charge on any atom is 0.341 e. The normalized spacial score (nSPS) is 28.3. The van der Waals surface area contributed by atoms with Gasteiger partial charge in [-0.05, 0) is 44.2 Å². The molecule has 4 aliphatic rings. The summed E-state index contributed by atoms with van der Waals surface area (Å²) in [6.45, 7) is 4.14. The third-order valence-corrected chi connectivity index (χ3v) is 8.10. The Morgan fingerprint density at radius 3 is 2.49 bits per heavy atom. The lowest BCUT2D eigenvalue weighted by Gasteiger charge is -2.34. The molecule has 1 aromatic heterocycles. The SMILES string of the molecule is CCOC(=O)c1c(N2C(=O)[C@H]3[C@H]4C=C[C@@](C(OC(C)=O)OC(C)=O)(O4)[C@H]3C2=O)sc2c1CCCC2. The average molecular weight is 504 g/mol. The molecule has 5 rings (SSSR count). The summed E-state index contributed by atoms with van der Waals surface area (Å²) < 4.78 is 21.8. The van der Waals surface area contributed by atoms with Crippen molar-refractivity contribution in [3.05, 3.63) is 28.2 Å². The molecule has 10 nitrogen and oxygen atoms in total. The van der Waals surface area contributed by atoms with Crippen molar-refractivity contribution < 1.29 is 42.9 Å². The van der Waals surface area contributed by atoms with Gasteiger partial charge in [0.05, 0.1) is 30.1 Å². The molecule has 2 saturated heterocycles. The number of fused-ring (bicyclic) bond motifs is 6. The van der Waals surface area contributed by atoms with Gasteiger partial charge in [0.15, 0.2) is 5.60 Å². The molecular weight excluding hydrogens is 478 g/mol. The zero-order valence-corrected chi connectivity index (χ0v) is 20.3. The van der Waals surface area contributed by atoms with E-state index in [9.17, 15) is 24.0 Å². The summed E-state index contributed by atoms with van der Waals surface area (Å²) in [5.41, 5.74) is -0.549. The summed E-state index contributed by atoms with van der Waals surface area (Å²) in [4.78, 5) is 66.1. The fourth-order valence-corrected chi connectivity index (χ4v) is 6.93. The highest BCUT2D eigenvalue weighted by atomic mass is 32.1. The summed E-state index contributed by atoms with van der Waals surface area (Å²) >= 11 is 1.26. The van der Waals surface area contributed by atoms with Gasteiger partial charge in [-0.1, -0.05) is 6.08 Å². The predicted molar refractivity (Wildman–Crippen MR) is 120 cm³/mol. The van der Waals surface area contributed by atoms with E-state index >= 15 is 0 Å². The zero-order chi connectivity index (χ0) is 25.1. The first-order valence-electron chi connectivity index (χ1n) is 11.6. The first-order chi connectivity index (χ1) is 16.7. The Morgan fingerprint density at radius 2 is 1.83 bits per heavy atom. The van der Waals surface area contributed by atoms with Gasteiger partial charge in [-0.2, -0.15) is 0 Å². The molecule has 0 aromatic carbocycles. The minimum atomic E-state index is -1.64. The van der Waals surface area contributed by atoms with Gasteiger partial charge in [-0.15, -0.1) is 11.3 Å². The number of esters is 3. The maximum atomic E-state index is 13.9. The number of anilines is 1. The van der Waals surface area contributed by atoms with Crippen LogP contribution in [0.15, 0.2) is 12.2 Å². The highest BCUT2D eigenvalue weighted by Gasteiger charge is 2.72. The lowest BCUT2D eigenvalue weighted by atomic mass is 9.76. The molecule has 3 aliphatic heterocycles. The van der Waals surface area contributed by atoms with Gasteiger partial charge in [0.1, 0.15) is 5.00 Å². The summed E-state index contributed by atoms with van der Waals surface area (Å²) in [6, 6.07) is 0. The summed E-state index contributed by atoms with van der Waals surface area (Å²) in [6.07, 6.45) is 4.10. The van der Waals surface area contributed by atoms with Crippen LogP contribution in [-0.2, 0) is 51.0 Å². The first kappa shape index (κ1) is 23.7. The second-order valence-corrected chi connectivity index (χ2v) is 10.1. The Balaban J connectivity index is 1.58. The minimum absolute atomic E-state index is 0.158. The molecule has 2 amide bonds. The number of hydrogen-bond acceptors (Lipinski definition) is 10. The molecule has 1 aliphatic carbocycles. The second kappa shape index (κ2) is 8.56. The van der Waals surface area contributed by atoms with Crippen LogP contribution >= 0.6 is 11.3 Å². The van der Waals surface area contributed by atoms with E-state index in [-0.39, 0.29) is 17.2 Å². The van der Waals surface area contributed by atoms with Gasteiger partial charge < -0.3 is 18.9 Å². The Bertz CT molecular complexity index is 1150. The lowest BCUT2D eigenvalue weighted by Crippen LogP contribution is -2.52. The average Bonchev–Trinajstić information content (AvgIpc) is 3.52. The van der Waals surface area contributed by atoms with Crippen LogP contribution in [0, 0.1) is 11.8 Å². The van der Waals surface area contributed by atoms with Crippen LogP contribution in [0.25, 0.3) is 0 Å². The summed E-state index contributed by atoms with van der Waals surface area (Å²) in [5.74, 6) is -5.15. The highest BCUT2D eigenvalue weighted by Crippen LogP contribution is 2.56. The van der Waals surface area contributed by atoms with Gasteiger partial charge in [-0.3, -0.25) is 19.2 Å². The molecule has 186 valence electrons. The number of carbonyl (C=O) groups excluding carboxylic acids is 5. The van der Waals surface area contributed by atoms with Crippen LogP contribution in [-0.4, -0.2) is 54.3 Å². The predicted octanol–water partition coefficient (Wildman–Crippen LogP) is 2.07. The minimum Gasteiger partial charge on any atom is -0.462 e. The van der Waals surface area contributed by atoms with E-state index in [1.807, 2.05) is 0 Å². The maximum absolute atomic E-state index is 13.9. The molecule has 4 heterocycles. The fourth-order valence-electron chi connectivity index (χ4n) is 5.54. The smallest absolute Gasteiger partial charge is 0.341 e. The van der Waals surface area contributed by atoms with E-state index in [1.54, 1.807) is 13.0 Å². The molecule has 0 spiro atoms. The van der Waals surface area contributed by atoms with Crippen molar-refractivity contribution in [2.45, 2.75) is 64.4 Å². The van der Waals surface area contributed by atoms with E-state index in [0.29, 0.717) is 6.42 Å². The number of imide groups is 1. The highest BCUT2D eigenvalue weighted by molar-refractivity contribution is 7.17. The number of thiophene rings is 1.